The average molecular weight is 268 g/mol. The van der Waals surface area contributed by atoms with Crippen LogP contribution >= 0.6 is 0 Å². The van der Waals surface area contributed by atoms with Crippen molar-refractivity contribution in [3.63, 3.8) is 0 Å². The van der Waals surface area contributed by atoms with Crippen LogP contribution in [-0.2, 0) is 0 Å². The quantitative estimate of drug-likeness (QED) is 0.527. The normalized spacial score (nSPS) is 11.6. The van der Waals surface area contributed by atoms with E-state index in [-0.39, 0.29) is 0 Å². The van der Waals surface area contributed by atoms with Crippen LogP contribution in [0.5, 0.6) is 0 Å². The number of rotatable bonds is 12. The lowest BCUT2D eigenvalue weighted by molar-refractivity contribution is 0.268. The Labute approximate surface area is 121 Å². The van der Waals surface area contributed by atoms with Gasteiger partial charge in [0.25, 0.3) is 0 Å². The van der Waals surface area contributed by atoms with E-state index in [9.17, 15) is 0 Å². The third kappa shape index (κ3) is 12.3. The second-order valence-electron chi connectivity index (χ2n) is 6.45. The van der Waals surface area contributed by atoms with Gasteiger partial charge in [-0.05, 0) is 59.0 Å². The van der Waals surface area contributed by atoms with Crippen molar-refractivity contribution in [1.82, 2.24) is 10.2 Å². The van der Waals surface area contributed by atoms with Gasteiger partial charge in [-0.1, -0.05) is 33.3 Å². The van der Waals surface area contributed by atoms with E-state index in [4.69, 9.17) is 0 Å². The molecule has 0 spiro atoms. The molecule has 0 aliphatic heterocycles. The zero-order valence-electron chi connectivity index (χ0n) is 14.0. The highest BCUT2D eigenvalue weighted by Gasteiger charge is 2.02. The molecule has 0 aromatic rings. The fraction of sp³-hybridized carbons (Fsp3) is 0.882. The fourth-order valence-corrected chi connectivity index (χ4v) is 1.99. The van der Waals surface area contributed by atoms with Gasteiger partial charge in [-0.25, -0.2) is 0 Å². The molecule has 0 saturated carbocycles. The van der Waals surface area contributed by atoms with Gasteiger partial charge < -0.3 is 10.2 Å². The molecule has 0 aliphatic carbocycles. The second kappa shape index (κ2) is 11.3. The van der Waals surface area contributed by atoms with E-state index >= 15 is 0 Å². The third-order valence-corrected chi connectivity index (χ3v) is 3.70. The molecule has 0 bridgehead atoms. The van der Waals surface area contributed by atoms with Crippen LogP contribution in [0.2, 0.25) is 0 Å². The van der Waals surface area contributed by atoms with Crippen LogP contribution in [-0.4, -0.2) is 31.1 Å². The number of hydrogen-bond donors (Lipinski definition) is 1. The summed E-state index contributed by atoms with van der Waals surface area (Å²) in [7, 11) is 2.20. The van der Waals surface area contributed by atoms with E-state index in [2.05, 4.69) is 51.5 Å². The van der Waals surface area contributed by atoms with Crippen molar-refractivity contribution < 1.29 is 0 Å². The molecule has 1 N–H and O–H groups in total. The molecule has 2 heteroatoms. The molecule has 0 aromatic heterocycles. The van der Waals surface area contributed by atoms with Crippen molar-refractivity contribution >= 4 is 0 Å². The molecule has 0 unspecified atom stereocenters. The van der Waals surface area contributed by atoms with Crippen LogP contribution in [0.25, 0.3) is 0 Å². The maximum Gasteiger partial charge on any atom is 0.0143 e. The van der Waals surface area contributed by atoms with Gasteiger partial charge in [0, 0.05) is 18.3 Å². The molecular weight excluding hydrogens is 232 g/mol. The second-order valence-corrected chi connectivity index (χ2v) is 6.45. The largest absolute Gasteiger partial charge is 0.389 e. The van der Waals surface area contributed by atoms with Crippen molar-refractivity contribution in [3.05, 3.63) is 12.3 Å². The SMILES string of the molecule is C=C(CCCCN(C)C(C)C)NCCCCC(C)C. The lowest BCUT2D eigenvalue weighted by Gasteiger charge is -2.20. The molecule has 0 amide bonds. The van der Waals surface area contributed by atoms with E-state index in [1.807, 2.05) is 0 Å². The van der Waals surface area contributed by atoms with Crippen LogP contribution in [0.15, 0.2) is 12.3 Å². The minimum atomic E-state index is 0.655. The Balaban J connectivity index is 3.35. The van der Waals surface area contributed by atoms with Gasteiger partial charge in [-0.3, -0.25) is 0 Å². The highest BCUT2D eigenvalue weighted by molar-refractivity contribution is 4.90. The molecule has 0 radical (unpaired) electrons. The summed E-state index contributed by atoms with van der Waals surface area (Å²) in [6, 6.07) is 0.655. The van der Waals surface area contributed by atoms with Crippen LogP contribution < -0.4 is 5.32 Å². The zero-order chi connectivity index (χ0) is 14.7. The average Bonchev–Trinajstić information content (AvgIpc) is 2.33. The van der Waals surface area contributed by atoms with Gasteiger partial charge in [0.15, 0.2) is 0 Å². The lowest BCUT2D eigenvalue weighted by Crippen LogP contribution is -2.27. The Morgan fingerprint density at radius 2 is 1.74 bits per heavy atom. The zero-order valence-corrected chi connectivity index (χ0v) is 14.0. The van der Waals surface area contributed by atoms with E-state index in [1.54, 1.807) is 0 Å². The van der Waals surface area contributed by atoms with Gasteiger partial charge in [-0.15, -0.1) is 0 Å². The smallest absolute Gasteiger partial charge is 0.0143 e. The van der Waals surface area contributed by atoms with Crippen molar-refractivity contribution in [2.75, 3.05) is 20.1 Å². The van der Waals surface area contributed by atoms with Crippen molar-refractivity contribution in [2.45, 2.75) is 72.3 Å². The van der Waals surface area contributed by atoms with Crippen LogP contribution in [0.3, 0.4) is 0 Å². The first-order valence-corrected chi connectivity index (χ1v) is 8.05. The third-order valence-electron chi connectivity index (χ3n) is 3.70. The van der Waals surface area contributed by atoms with Gasteiger partial charge in [-0.2, -0.15) is 0 Å². The summed E-state index contributed by atoms with van der Waals surface area (Å²) < 4.78 is 0. The number of hydrogen-bond acceptors (Lipinski definition) is 2. The van der Waals surface area contributed by atoms with E-state index in [0.717, 1.165) is 18.9 Å². The number of nitrogens with one attached hydrogen (secondary N) is 1. The van der Waals surface area contributed by atoms with Crippen molar-refractivity contribution in [3.8, 4) is 0 Å². The van der Waals surface area contributed by atoms with E-state index in [0.29, 0.717) is 6.04 Å². The lowest BCUT2D eigenvalue weighted by atomic mass is 10.1. The highest BCUT2D eigenvalue weighted by Crippen LogP contribution is 2.07. The number of unbranched alkanes of at least 4 members (excludes halogenated alkanes) is 2. The summed E-state index contributed by atoms with van der Waals surface area (Å²) in [5, 5.41) is 3.46. The standard InChI is InChI=1S/C17H36N2/c1-15(2)11-7-9-13-18-17(5)12-8-10-14-19(6)16(3)4/h15-16,18H,5,7-14H2,1-4,6H3. The van der Waals surface area contributed by atoms with Gasteiger partial charge in [0.2, 0.25) is 0 Å². The van der Waals surface area contributed by atoms with Crippen molar-refractivity contribution in [2.24, 2.45) is 5.92 Å². The molecule has 0 saturated heterocycles. The summed E-state index contributed by atoms with van der Waals surface area (Å²) in [5.41, 5.74) is 1.22. The molecular formula is C17H36N2. The Morgan fingerprint density at radius 1 is 1.05 bits per heavy atom. The Bertz CT molecular complexity index is 221. The first-order chi connectivity index (χ1) is 8.93. The summed E-state index contributed by atoms with van der Waals surface area (Å²) >= 11 is 0. The molecule has 0 aliphatic rings. The number of allylic oxidation sites excluding steroid dienone is 1. The van der Waals surface area contributed by atoms with Gasteiger partial charge in [0.1, 0.15) is 0 Å². The van der Waals surface area contributed by atoms with Gasteiger partial charge >= 0.3 is 0 Å². The molecule has 2 nitrogen and oxygen atoms in total. The summed E-state index contributed by atoms with van der Waals surface area (Å²) in [4.78, 5) is 2.40. The topological polar surface area (TPSA) is 15.3 Å². The van der Waals surface area contributed by atoms with Crippen LogP contribution in [0, 0.1) is 5.92 Å². The summed E-state index contributed by atoms with van der Waals surface area (Å²) in [6.45, 7) is 15.5. The predicted octanol–water partition coefficient (Wildman–Crippen LogP) is 4.43. The monoisotopic (exact) mass is 268 g/mol. The maximum absolute atomic E-state index is 4.11. The minimum Gasteiger partial charge on any atom is -0.389 e. The number of nitrogens with zero attached hydrogens (tertiary/aromatic N) is 1. The van der Waals surface area contributed by atoms with Crippen molar-refractivity contribution in [1.29, 1.82) is 0 Å². The molecule has 0 atom stereocenters. The fourth-order valence-electron chi connectivity index (χ4n) is 1.99. The summed E-state index contributed by atoms with van der Waals surface area (Å²) in [5.74, 6) is 0.834. The predicted molar refractivity (Wildman–Crippen MR) is 87.4 cm³/mol. The molecule has 0 heterocycles. The van der Waals surface area contributed by atoms with Crippen LogP contribution in [0.4, 0.5) is 0 Å². The summed E-state index contributed by atoms with van der Waals surface area (Å²) in [6.07, 6.45) is 7.58. The molecule has 0 rings (SSSR count). The molecule has 19 heavy (non-hydrogen) atoms. The Kier molecular flexibility index (Phi) is 11.0. The highest BCUT2D eigenvalue weighted by atomic mass is 15.1. The van der Waals surface area contributed by atoms with E-state index in [1.165, 1.54) is 44.3 Å². The molecule has 0 aromatic carbocycles. The molecule has 114 valence electrons. The Morgan fingerprint density at radius 3 is 2.32 bits per heavy atom. The molecule has 0 fully saturated rings. The van der Waals surface area contributed by atoms with Gasteiger partial charge in [0.05, 0.1) is 0 Å². The maximum atomic E-state index is 4.11. The Hall–Kier alpha value is -0.500. The van der Waals surface area contributed by atoms with Crippen LogP contribution in [0.1, 0.15) is 66.2 Å². The first kappa shape index (κ1) is 18.5. The minimum absolute atomic E-state index is 0.655. The van der Waals surface area contributed by atoms with E-state index < -0.39 is 0 Å². The first-order valence-electron chi connectivity index (χ1n) is 8.05.